The van der Waals surface area contributed by atoms with Crippen LogP contribution in [0.5, 0.6) is 0 Å². The number of carbonyl (C=O) groups excluding carboxylic acids is 2. The fraction of sp³-hybridized carbons (Fsp3) is 0.250. The molecule has 0 atom stereocenters. The van der Waals surface area contributed by atoms with Gasteiger partial charge in [-0.15, -0.1) is 11.3 Å². The number of aryl methyl sites for hydroxylation is 2. The minimum atomic E-state index is -0.135. The number of nitrogens with one attached hydrogen (secondary N) is 1. The van der Waals surface area contributed by atoms with Crippen molar-refractivity contribution < 1.29 is 9.59 Å². The van der Waals surface area contributed by atoms with Crippen molar-refractivity contribution in [3.8, 4) is 0 Å². The standard InChI is InChI=1S/C24H25N3O2S/c1-17-9-10-18(2)19(14-17)16-26-11-5-12-27(24(26)29)21-7-3-6-20(15-21)25-23(28)22-8-4-13-30-22/h3-4,6-10,13-15H,5,11-12,16H2,1-2H3,(H,25,28). The molecule has 0 aliphatic carbocycles. The van der Waals surface area contributed by atoms with Crippen LogP contribution in [-0.4, -0.2) is 29.9 Å². The number of benzene rings is 2. The van der Waals surface area contributed by atoms with Crippen molar-refractivity contribution in [2.24, 2.45) is 0 Å². The van der Waals surface area contributed by atoms with E-state index in [4.69, 9.17) is 0 Å². The predicted octanol–water partition coefficient (Wildman–Crippen LogP) is 5.45. The molecule has 0 saturated carbocycles. The third-order valence-corrected chi connectivity index (χ3v) is 6.21. The lowest BCUT2D eigenvalue weighted by Crippen LogP contribution is -2.49. The zero-order valence-corrected chi connectivity index (χ0v) is 18.0. The minimum Gasteiger partial charge on any atom is -0.321 e. The lowest BCUT2D eigenvalue weighted by atomic mass is 10.0. The molecule has 0 unspecified atom stereocenters. The van der Waals surface area contributed by atoms with Crippen LogP contribution >= 0.6 is 11.3 Å². The summed E-state index contributed by atoms with van der Waals surface area (Å²) < 4.78 is 0. The van der Waals surface area contributed by atoms with Crippen LogP contribution in [0, 0.1) is 13.8 Å². The van der Waals surface area contributed by atoms with Crippen molar-refractivity contribution in [1.29, 1.82) is 0 Å². The van der Waals surface area contributed by atoms with Crippen molar-refractivity contribution in [3.63, 3.8) is 0 Å². The Balaban J connectivity index is 1.50. The first-order chi connectivity index (χ1) is 14.5. The number of nitrogens with zero attached hydrogens (tertiary/aromatic N) is 2. The Kier molecular flexibility index (Phi) is 5.86. The van der Waals surface area contributed by atoms with Crippen molar-refractivity contribution in [2.75, 3.05) is 23.3 Å². The lowest BCUT2D eigenvalue weighted by molar-refractivity contribution is 0.103. The molecule has 1 aliphatic heterocycles. The number of anilines is 2. The van der Waals surface area contributed by atoms with Gasteiger partial charge in [0.15, 0.2) is 0 Å². The second-order valence-corrected chi connectivity index (χ2v) is 8.57. The number of urea groups is 1. The van der Waals surface area contributed by atoms with E-state index in [-0.39, 0.29) is 11.9 Å². The zero-order valence-electron chi connectivity index (χ0n) is 17.2. The van der Waals surface area contributed by atoms with Gasteiger partial charge in [-0.1, -0.05) is 35.9 Å². The Labute approximate surface area is 180 Å². The monoisotopic (exact) mass is 419 g/mol. The Morgan fingerprint density at radius 1 is 1.07 bits per heavy atom. The van der Waals surface area contributed by atoms with Crippen LogP contribution in [0.4, 0.5) is 16.2 Å². The summed E-state index contributed by atoms with van der Waals surface area (Å²) in [5.41, 5.74) is 5.07. The quantitative estimate of drug-likeness (QED) is 0.598. The third-order valence-electron chi connectivity index (χ3n) is 5.34. The SMILES string of the molecule is Cc1ccc(C)c(CN2CCCN(c3cccc(NC(=O)c4cccs4)c3)C2=O)c1. The molecule has 1 N–H and O–H groups in total. The summed E-state index contributed by atoms with van der Waals surface area (Å²) in [6.07, 6.45) is 0.905. The fourth-order valence-electron chi connectivity index (χ4n) is 3.70. The predicted molar refractivity (Wildman–Crippen MR) is 122 cm³/mol. The summed E-state index contributed by atoms with van der Waals surface area (Å²) in [5, 5.41) is 4.80. The average Bonchev–Trinajstić information content (AvgIpc) is 3.27. The molecule has 0 radical (unpaired) electrons. The summed E-state index contributed by atoms with van der Waals surface area (Å²) in [6.45, 7) is 6.18. The number of carbonyl (C=O) groups is 2. The van der Waals surface area contributed by atoms with Crippen molar-refractivity contribution in [3.05, 3.63) is 81.5 Å². The van der Waals surface area contributed by atoms with Crippen LogP contribution in [0.1, 0.15) is 32.8 Å². The molecule has 1 aliphatic rings. The van der Waals surface area contributed by atoms with Gasteiger partial charge in [-0.25, -0.2) is 4.79 Å². The third kappa shape index (κ3) is 4.39. The first-order valence-corrected chi connectivity index (χ1v) is 11.0. The normalized spacial score (nSPS) is 14.1. The Morgan fingerprint density at radius 2 is 1.93 bits per heavy atom. The number of rotatable bonds is 5. The highest BCUT2D eigenvalue weighted by molar-refractivity contribution is 7.12. The van der Waals surface area contributed by atoms with E-state index in [0.717, 1.165) is 18.7 Å². The first kappa shape index (κ1) is 20.2. The molecule has 5 nitrogen and oxygen atoms in total. The maximum absolute atomic E-state index is 13.2. The highest BCUT2D eigenvalue weighted by Crippen LogP contribution is 2.25. The van der Waals surface area contributed by atoms with Crippen molar-refractivity contribution in [2.45, 2.75) is 26.8 Å². The molecule has 3 amide bonds. The lowest BCUT2D eigenvalue weighted by Gasteiger charge is -2.36. The molecule has 3 aromatic rings. The van der Waals surface area contributed by atoms with Crippen LogP contribution < -0.4 is 10.2 Å². The summed E-state index contributed by atoms with van der Waals surface area (Å²) >= 11 is 1.40. The maximum Gasteiger partial charge on any atom is 0.324 e. The molecular weight excluding hydrogens is 394 g/mol. The second-order valence-electron chi connectivity index (χ2n) is 7.62. The number of amides is 3. The number of hydrogen-bond acceptors (Lipinski definition) is 3. The molecule has 1 aromatic heterocycles. The van der Waals surface area contributed by atoms with Gasteiger partial charge in [-0.05, 0) is 61.0 Å². The Morgan fingerprint density at radius 3 is 2.73 bits per heavy atom. The van der Waals surface area contributed by atoms with Gasteiger partial charge >= 0.3 is 6.03 Å². The molecule has 30 heavy (non-hydrogen) atoms. The van der Waals surface area contributed by atoms with Crippen LogP contribution in [0.15, 0.2) is 60.0 Å². The van der Waals surface area contributed by atoms with Gasteiger partial charge in [0.1, 0.15) is 0 Å². The topological polar surface area (TPSA) is 52.6 Å². The molecular formula is C24H25N3O2S. The van der Waals surface area contributed by atoms with Crippen LogP contribution in [0.3, 0.4) is 0 Å². The van der Waals surface area contributed by atoms with Gasteiger partial charge in [0.05, 0.1) is 4.88 Å². The largest absolute Gasteiger partial charge is 0.324 e. The smallest absolute Gasteiger partial charge is 0.321 e. The zero-order chi connectivity index (χ0) is 21.1. The molecule has 6 heteroatoms. The molecule has 1 fully saturated rings. The van der Waals surface area contributed by atoms with E-state index in [1.165, 1.54) is 28.0 Å². The molecule has 154 valence electrons. The summed E-state index contributed by atoms with van der Waals surface area (Å²) in [4.78, 5) is 29.9. The van der Waals surface area contributed by atoms with E-state index in [0.29, 0.717) is 23.7 Å². The molecule has 1 saturated heterocycles. The number of hydrogen-bond donors (Lipinski definition) is 1. The average molecular weight is 420 g/mol. The first-order valence-electron chi connectivity index (χ1n) is 10.1. The van der Waals surface area contributed by atoms with Gasteiger partial charge in [-0.2, -0.15) is 0 Å². The van der Waals surface area contributed by atoms with E-state index in [9.17, 15) is 9.59 Å². The fourth-order valence-corrected chi connectivity index (χ4v) is 4.32. The van der Waals surface area contributed by atoms with Gasteiger partial charge in [0, 0.05) is 31.0 Å². The minimum absolute atomic E-state index is 0.00360. The van der Waals surface area contributed by atoms with E-state index >= 15 is 0 Å². The number of thiophene rings is 1. The molecule has 4 rings (SSSR count). The van der Waals surface area contributed by atoms with E-state index in [2.05, 4.69) is 37.4 Å². The Hall–Kier alpha value is -3.12. The van der Waals surface area contributed by atoms with Crippen LogP contribution in [-0.2, 0) is 6.54 Å². The molecule has 2 heterocycles. The van der Waals surface area contributed by atoms with Crippen LogP contribution in [0.25, 0.3) is 0 Å². The summed E-state index contributed by atoms with van der Waals surface area (Å²) in [7, 11) is 0. The van der Waals surface area contributed by atoms with Gasteiger partial charge < -0.3 is 10.2 Å². The van der Waals surface area contributed by atoms with Gasteiger partial charge in [0.2, 0.25) is 0 Å². The van der Waals surface area contributed by atoms with E-state index in [1.807, 2.05) is 40.6 Å². The van der Waals surface area contributed by atoms with E-state index in [1.54, 1.807) is 11.0 Å². The maximum atomic E-state index is 13.2. The molecule has 0 spiro atoms. The highest BCUT2D eigenvalue weighted by atomic mass is 32.1. The van der Waals surface area contributed by atoms with Gasteiger partial charge in [0.25, 0.3) is 5.91 Å². The highest BCUT2D eigenvalue weighted by Gasteiger charge is 2.27. The van der Waals surface area contributed by atoms with E-state index < -0.39 is 0 Å². The summed E-state index contributed by atoms with van der Waals surface area (Å²) in [5.74, 6) is -0.135. The van der Waals surface area contributed by atoms with Crippen LogP contribution in [0.2, 0.25) is 0 Å². The Bertz CT molecular complexity index is 1060. The van der Waals surface area contributed by atoms with Gasteiger partial charge in [-0.3, -0.25) is 9.69 Å². The van der Waals surface area contributed by atoms with Crippen molar-refractivity contribution in [1.82, 2.24) is 4.90 Å². The molecule has 0 bridgehead atoms. The molecule has 2 aromatic carbocycles. The second kappa shape index (κ2) is 8.71. The summed E-state index contributed by atoms with van der Waals surface area (Å²) in [6, 6.07) is 17.5. The van der Waals surface area contributed by atoms with Crippen molar-refractivity contribution >= 4 is 34.6 Å².